The van der Waals surface area contributed by atoms with Crippen molar-refractivity contribution < 1.29 is 9.59 Å². The fourth-order valence-corrected chi connectivity index (χ4v) is 2.20. The van der Waals surface area contributed by atoms with Crippen molar-refractivity contribution in [3.05, 3.63) is 31.0 Å². The molecule has 21 heavy (non-hydrogen) atoms. The molecule has 0 saturated carbocycles. The molecule has 0 aliphatic carbocycles. The van der Waals surface area contributed by atoms with Gasteiger partial charge in [0.1, 0.15) is 5.82 Å². The zero-order valence-corrected chi connectivity index (χ0v) is 12.0. The predicted octanol–water partition coefficient (Wildman–Crippen LogP) is 1.31. The zero-order chi connectivity index (χ0) is 15.1. The molecular weight excluding hydrogens is 268 g/mol. The summed E-state index contributed by atoms with van der Waals surface area (Å²) in [6.45, 7) is 5.75. The first kappa shape index (κ1) is 15.0. The number of pyridine rings is 1. The van der Waals surface area contributed by atoms with Gasteiger partial charge in [-0.3, -0.25) is 9.59 Å². The Balaban J connectivity index is 1.78. The Labute approximate surface area is 124 Å². The van der Waals surface area contributed by atoms with E-state index >= 15 is 0 Å². The Morgan fingerprint density at radius 1 is 1.33 bits per heavy atom. The van der Waals surface area contributed by atoms with Gasteiger partial charge in [-0.15, -0.1) is 0 Å². The number of nitrogens with zero attached hydrogens (tertiary/aromatic N) is 2. The van der Waals surface area contributed by atoms with Crippen molar-refractivity contribution in [1.29, 1.82) is 0 Å². The van der Waals surface area contributed by atoms with Crippen LogP contribution in [0.15, 0.2) is 31.0 Å². The molecule has 2 N–H and O–H groups in total. The molecule has 1 fully saturated rings. The van der Waals surface area contributed by atoms with E-state index in [1.807, 2.05) is 6.07 Å². The van der Waals surface area contributed by atoms with E-state index in [2.05, 4.69) is 27.1 Å². The number of hydrogen-bond donors (Lipinski definition) is 2. The van der Waals surface area contributed by atoms with E-state index in [-0.39, 0.29) is 24.8 Å². The Kier molecular flexibility index (Phi) is 5.31. The number of amides is 2. The average molecular weight is 288 g/mol. The minimum absolute atomic E-state index is 0.180. The highest BCUT2D eigenvalue weighted by molar-refractivity contribution is 5.91. The van der Waals surface area contributed by atoms with E-state index < -0.39 is 0 Å². The molecular formula is C15H20N4O2. The second-order valence-corrected chi connectivity index (χ2v) is 4.89. The van der Waals surface area contributed by atoms with Gasteiger partial charge >= 0.3 is 0 Å². The normalized spacial score (nSPS) is 13.8. The average Bonchev–Trinajstić information content (AvgIpc) is 3.02. The third-order valence-electron chi connectivity index (χ3n) is 3.32. The Hall–Kier alpha value is -2.37. The fourth-order valence-electron chi connectivity index (χ4n) is 2.20. The summed E-state index contributed by atoms with van der Waals surface area (Å²) in [5.74, 6) is 0.0645. The smallest absolute Gasteiger partial charge is 0.243 e. The molecule has 2 rings (SSSR count). The maximum absolute atomic E-state index is 11.7. The van der Waals surface area contributed by atoms with Gasteiger partial charge in [-0.2, -0.15) is 0 Å². The third-order valence-corrected chi connectivity index (χ3v) is 3.32. The zero-order valence-electron chi connectivity index (χ0n) is 12.0. The van der Waals surface area contributed by atoms with Crippen LogP contribution < -0.4 is 15.5 Å². The summed E-state index contributed by atoms with van der Waals surface area (Å²) in [4.78, 5) is 29.1. The number of carbonyl (C=O) groups is 2. The molecule has 6 nitrogen and oxygen atoms in total. The molecule has 0 unspecified atom stereocenters. The molecule has 0 atom stereocenters. The van der Waals surface area contributed by atoms with E-state index in [1.165, 1.54) is 18.9 Å². The van der Waals surface area contributed by atoms with Gasteiger partial charge in [-0.1, -0.05) is 6.58 Å². The van der Waals surface area contributed by atoms with Gasteiger partial charge in [0, 0.05) is 26.1 Å². The van der Waals surface area contributed by atoms with Crippen LogP contribution >= 0.6 is 0 Å². The highest BCUT2D eigenvalue weighted by Gasteiger charge is 2.12. The number of carbonyl (C=O) groups excluding carboxylic acids is 2. The Morgan fingerprint density at radius 2 is 2.10 bits per heavy atom. The topological polar surface area (TPSA) is 74.3 Å². The molecule has 0 aromatic carbocycles. The molecule has 1 aromatic rings. The lowest BCUT2D eigenvalue weighted by molar-refractivity contribution is -0.117. The number of hydrogen-bond acceptors (Lipinski definition) is 4. The van der Waals surface area contributed by atoms with Crippen LogP contribution in [0.1, 0.15) is 19.3 Å². The fraction of sp³-hybridized carbons (Fsp3) is 0.400. The van der Waals surface area contributed by atoms with Crippen molar-refractivity contribution in [1.82, 2.24) is 10.3 Å². The van der Waals surface area contributed by atoms with Crippen LogP contribution in [0.3, 0.4) is 0 Å². The second-order valence-electron chi connectivity index (χ2n) is 4.89. The highest BCUT2D eigenvalue weighted by Crippen LogP contribution is 2.20. The minimum Gasteiger partial charge on any atom is -0.370 e. The lowest BCUT2D eigenvalue weighted by atomic mass is 10.3. The van der Waals surface area contributed by atoms with Gasteiger partial charge in [-0.05, 0) is 31.1 Å². The molecule has 1 aliphatic heterocycles. The van der Waals surface area contributed by atoms with Crippen molar-refractivity contribution in [3.63, 3.8) is 0 Å². The summed E-state index contributed by atoms with van der Waals surface area (Å²) in [6.07, 6.45) is 5.59. The van der Waals surface area contributed by atoms with Gasteiger partial charge in [-0.25, -0.2) is 4.98 Å². The highest BCUT2D eigenvalue weighted by atomic mass is 16.2. The van der Waals surface area contributed by atoms with Crippen molar-refractivity contribution in [2.75, 3.05) is 29.9 Å². The van der Waals surface area contributed by atoms with Gasteiger partial charge in [0.05, 0.1) is 11.9 Å². The lowest BCUT2D eigenvalue weighted by Gasteiger charge is -2.17. The standard InChI is InChI=1S/C15H20N4O2/c1-2-14(20)16-8-7-15(21)18-13-6-5-12(11-17-13)19-9-3-4-10-19/h2,5-6,11H,1,3-4,7-10H2,(H,16,20)(H,17,18,21). The molecule has 1 saturated heterocycles. The first-order chi connectivity index (χ1) is 10.2. The van der Waals surface area contributed by atoms with E-state index in [4.69, 9.17) is 0 Å². The van der Waals surface area contributed by atoms with Crippen LogP contribution in [0, 0.1) is 0 Å². The van der Waals surface area contributed by atoms with Crippen LogP contribution in [0.2, 0.25) is 0 Å². The predicted molar refractivity (Wildman–Crippen MR) is 82.1 cm³/mol. The van der Waals surface area contributed by atoms with E-state index in [1.54, 1.807) is 12.3 Å². The lowest BCUT2D eigenvalue weighted by Crippen LogP contribution is -2.26. The number of nitrogens with one attached hydrogen (secondary N) is 2. The molecule has 1 aliphatic rings. The van der Waals surface area contributed by atoms with Crippen LogP contribution in [0.25, 0.3) is 0 Å². The Bertz CT molecular complexity index is 507. The van der Waals surface area contributed by atoms with Gasteiger partial charge in [0.25, 0.3) is 0 Å². The Morgan fingerprint density at radius 3 is 2.71 bits per heavy atom. The third kappa shape index (κ3) is 4.59. The maximum atomic E-state index is 11.7. The summed E-state index contributed by atoms with van der Waals surface area (Å²) in [5, 5.41) is 5.26. The van der Waals surface area contributed by atoms with E-state index in [0.717, 1.165) is 18.8 Å². The first-order valence-corrected chi connectivity index (χ1v) is 7.10. The van der Waals surface area contributed by atoms with E-state index in [0.29, 0.717) is 5.82 Å². The quantitative estimate of drug-likeness (QED) is 0.774. The minimum atomic E-state index is -0.282. The molecule has 1 aromatic heterocycles. The van der Waals surface area contributed by atoms with Gasteiger partial charge in [0.15, 0.2) is 0 Å². The molecule has 2 heterocycles. The summed E-state index contributed by atoms with van der Waals surface area (Å²) in [7, 11) is 0. The van der Waals surface area contributed by atoms with Crippen molar-refractivity contribution in [3.8, 4) is 0 Å². The second kappa shape index (κ2) is 7.42. The van der Waals surface area contributed by atoms with Crippen molar-refractivity contribution >= 4 is 23.3 Å². The van der Waals surface area contributed by atoms with E-state index in [9.17, 15) is 9.59 Å². The number of rotatable bonds is 6. The largest absolute Gasteiger partial charge is 0.370 e. The van der Waals surface area contributed by atoms with Crippen LogP contribution in [0.5, 0.6) is 0 Å². The first-order valence-electron chi connectivity index (χ1n) is 7.10. The summed E-state index contributed by atoms with van der Waals surface area (Å²) in [6, 6.07) is 3.77. The monoisotopic (exact) mass is 288 g/mol. The van der Waals surface area contributed by atoms with Crippen LogP contribution in [-0.4, -0.2) is 36.4 Å². The molecule has 112 valence electrons. The summed E-state index contributed by atoms with van der Waals surface area (Å²) in [5.41, 5.74) is 1.09. The van der Waals surface area contributed by atoms with Crippen LogP contribution in [-0.2, 0) is 9.59 Å². The molecule has 6 heteroatoms. The van der Waals surface area contributed by atoms with Gasteiger partial charge < -0.3 is 15.5 Å². The molecule has 2 amide bonds. The number of aromatic nitrogens is 1. The molecule has 0 spiro atoms. The van der Waals surface area contributed by atoms with Crippen molar-refractivity contribution in [2.45, 2.75) is 19.3 Å². The SMILES string of the molecule is C=CC(=O)NCCC(=O)Nc1ccc(N2CCCC2)cn1. The van der Waals surface area contributed by atoms with Crippen molar-refractivity contribution in [2.24, 2.45) is 0 Å². The molecule has 0 bridgehead atoms. The number of anilines is 2. The maximum Gasteiger partial charge on any atom is 0.243 e. The van der Waals surface area contributed by atoms with Crippen LogP contribution in [0.4, 0.5) is 11.5 Å². The van der Waals surface area contributed by atoms with Gasteiger partial charge in [0.2, 0.25) is 11.8 Å². The summed E-state index contributed by atoms with van der Waals surface area (Å²) < 4.78 is 0. The molecule has 0 radical (unpaired) electrons. The summed E-state index contributed by atoms with van der Waals surface area (Å²) >= 11 is 0.